The van der Waals surface area contributed by atoms with Crippen molar-refractivity contribution in [1.82, 2.24) is 14.9 Å². The number of carbonyl (C=O) groups excluding carboxylic acids is 2. The number of allylic oxidation sites excluding steroid dienone is 2. The molecular formula is C25H33ClN4O2. The van der Waals surface area contributed by atoms with E-state index in [0.717, 1.165) is 38.5 Å². The van der Waals surface area contributed by atoms with Crippen LogP contribution in [0.25, 0.3) is 0 Å². The number of nitrogens with one attached hydrogen (secondary N) is 1. The van der Waals surface area contributed by atoms with E-state index in [1.54, 1.807) is 6.20 Å². The number of aromatic nitrogens is 2. The van der Waals surface area contributed by atoms with Crippen molar-refractivity contribution >= 4 is 29.2 Å². The van der Waals surface area contributed by atoms with Crippen molar-refractivity contribution in [2.24, 2.45) is 34.5 Å². The van der Waals surface area contributed by atoms with Gasteiger partial charge in [-0.15, -0.1) is 0 Å². The Bertz CT molecular complexity index is 1010. The maximum absolute atomic E-state index is 13.3. The largest absolute Gasteiger partial charge is 0.319 e. The first-order valence-electron chi connectivity index (χ1n) is 11.9. The molecule has 6 atom stereocenters. The molecule has 1 N–H and O–H groups in total. The highest BCUT2D eigenvalue weighted by Gasteiger charge is 2.61. The smallest absolute Gasteiger partial charge is 0.229 e. The number of anilines is 1. The third-order valence-electron chi connectivity index (χ3n) is 9.48. The van der Waals surface area contributed by atoms with Gasteiger partial charge in [0.05, 0.1) is 12.4 Å². The highest BCUT2D eigenvalue weighted by atomic mass is 35.5. The Balaban J connectivity index is 1.42. The van der Waals surface area contributed by atoms with Crippen LogP contribution in [0.2, 0.25) is 5.15 Å². The van der Waals surface area contributed by atoms with Crippen molar-refractivity contribution in [2.75, 3.05) is 12.4 Å². The van der Waals surface area contributed by atoms with Crippen LogP contribution < -0.4 is 5.32 Å². The lowest BCUT2D eigenvalue weighted by atomic mass is 9.48. The summed E-state index contributed by atoms with van der Waals surface area (Å²) < 4.78 is 0. The molecule has 4 aliphatic rings. The minimum atomic E-state index is -0.0247. The molecule has 6 nitrogen and oxygen atoms in total. The van der Waals surface area contributed by atoms with Gasteiger partial charge in [-0.05, 0) is 68.6 Å². The Labute approximate surface area is 195 Å². The molecular weight excluding hydrogens is 424 g/mol. The summed E-state index contributed by atoms with van der Waals surface area (Å²) in [5, 5.41) is 3.26. The van der Waals surface area contributed by atoms with Gasteiger partial charge in [0.2, 0.25) is 11.8 Å². The van der Waals surface area contributed by atoms with Crippen LogP contribution in [0.3, 0.4) is 0 Å². The number of amides is 2. The number of carbonyl (C=O) groups is 2. The second kappa shape index (κ2) is 7.54. The molecule has 2 heterocycles. The zero-order valence-electron chi connectivity index (χ0n) is 19.4. The topological polar surface area (TPSA) is 75.2 Å². The van der Waals surface area contributed by atoms with Gasteiger partial charge in [0, 0.05) is 30.5 Å². The van der Waals surface area contributed by atoms with E-state index >= 15 is 0 Å². The first-order valence-corrected chi connectivity index (χ1v) is 12.3. The molecule has 0 radical (unpaired) electrons. The molecule has 3 aliphatic carbocycles. The maximum Gasteiger partial charge on any atom is 0.229 e. The molecule has 0 spiro atoms. The fourth-order valence-corrected chi connectivity index (χ4v) is 8.30. The first kappa shape index (κ1) is 21.9. The normalized spacial score (nSPS) is 38.8. The molecule has 2 saturated carbocycles. The Morgan fingerprint density at radius 3 is 2.72 bits per heavy atom. The predicted molar refractivity (Wildman–Crippen MR) is 124 cm³/mol. The summed E-state index contributed by atoms with van der Waals surface area (Å²) in [6.07, 6.45) is 9.82. The van der Waals surface area contributed by atoms with Gasteiger partial charge >= 0.3 is 0 Å². The van der Waals surface area contributed by atoms with E-state index in [0.29, 0.717) is 30.0 Å². The van der Waals surface area contributed by atoms with Crippen LogP contribution in [0, 0.1) is 34.5 Å². The molecule has 1 aromatic rings. The van der Waals surface area contributed by atoms with E-state index in [1.807, 2.05) is 11.9 Å². The van der Waals surface area contributed by atoms with Gasteiger partial charge in [0.25, 0.3) is 0 Å². The SMILES string of the molecule is CC1=C2N(C)C(=O)CC[C@]2(C)[C@@H]2CC[C@]3(C)C(C(=O)Nc4cncc(Cl)n4)CC[C@H]3[C@@H]2C1. The summed E-state index contributed by atoms with van der Waals surface area (Å²) in [4.78, 5) is 35.9. The summed E-state index contributed by atoms with van der Waals surface area (Å²) in [6, 6.07) is 0. The average molecular weight is 457 g/mol. The third-order valence-corrected chi connectivity index (χ3v) is 9.67. The Hall–Kier alpha value is -1.95. The van der Waals surface area contributed by atoms with Gasteiger partial charge in [-0.25, -0.2) is 4.98 Å². The van der Waals surface area contributed by atoms with E-state index < -0.39 is 0 Å². The fraction of sp³-hybridized carbons (Fsp3) is 0.680. The number of hydrogen-bond donors (Lipinski definition) is 1. The number of hydrogen-bond acceptors (Lipinski definition) is 4. The van der Waals surface area contributed by atoms with E-state index in [-0.39, 0.29) is 33.7 Å². The van der Waals surface area contributed by atoms with Crippen molar-refractivity contribution in [3.63, 3.8) is 0 Å². The summed E-state index contributed by atoms with van der Waals surface area (Å²) in [5.41, 5.74) is 2.70. The first-order chi connectivity index (χ1) is 15.1. The van der Waals surface area contributed by atoms with Crippen molar-refractivity contribution in [2.45, 2.75) is 65.7 Å². The molecule has 2 amide bonds. The molecule has 172 valence electrons. The second-order valence-electron chi connectivity index (χ2n) is 11.0. The molecule has 5 rings (SSSR count). The van der Waals surface area contributed by atoms with Crippen molar-refractivity contribution < 1.29 is 9.59 Å². The summed E-state index contributed by atoms with van der Waals surface area (Å²) in [7, 11) is 1.96. The predicted octanol–water partition coefficient (Wildman–Crippen LogP) is 5.06. The molecule has 1 aromatic heterocycles. The Kier molecular flexibility index (Phi) is 5.16. The van der Waals surface area contributed by atoms with Crippen LogP contribution in [0.15, 0.2) is 23.7 Å². The van der Waals surface area contributed by atoms with Gasteiger partial charge in [0.15, 0.2) is 5.82 Å². The number of rotatable bonds is 2. The van der Waals surface area contributed by atoms with E-state index in [2.05, 4.69) is 36.1 Å². The molecule has 1 saturated heterocycles. The molecule has 1 unspecified atom stereocenters. The Morgan fingerprint density at radius 1 is 1.19 bits per heavy atom. The van der Waals surface area contributed by atoms with Gasteiger partial charge < -0.3 is 10.2 Å². The Morgan fingerprint density at radius 2 is 1.97 bits per heavy atom. The summed E-state index contributed by atoms with van der Waals surface area (Å²) >= 11 is 5.95. The quantitative estimate of drug-likeness (QED) is 0.674. The number of piperidine rings is 1. The van der Waals surface area contributed by atoms with E-state index in [1.165, 1.54) is 17.5 Å². The number of fused-ring (bicyclic) bond motifs is 5. The van der Waals surface area contributed by atoms with Gasteiger partial charge in [-0.1, -0.05) is 31.0 Å². The molecule has 7 heteroatoms. The van der Waals surface area contributed by atoms with Crippen LogP contribution in [-0.2, 0) is 9.59 Å². The van der Waals surface area contributed by atoms with E-state index in [4.69, 9.17) is 11.6 Å². The number of likely N-dealkylation sites (tertiary alicyclic amines) is 1. The van der Waals surface area contributed by atoms with Crippen LogP contribution in [0.1, 0.15) is 65.7 Å². The fourth-order valence-electron chi connectivity index (χ4n) is 8.16. The standard InChI is InChI=1S/C25H33ClN4O2/c1-14-11-15-16-5-6-18(23(32)29-20-13-27-12-19(26)28-20)24(16,2)9-7-17(15)25(3)10-8-21(31)30(4)22(14)25/h12-13,15-18H,5-11H2,1-4H3,(H,28,29,32)/t15-,16-,17+,18?,24-,25+/m0/s1. The molecule has 32 heavy (non-hydrogen) atoms. The molecule has 3 fully saturated rings. The third kappa shape index (κ3) is 3.12. The minimum Gasteiger partial charge on any atom is -0.319 e. The number of halogens is 1. The van der Waals surface area contributed by atoms with Gasteiger partial charge in [-0.2, -0.15) is 0 Å². The van der Waals surface area contributed by atoms with Crippen molar-refractivity contribution in [3.05, 3.63) is 28.8 Å². The maximum atomic E-state index is 13.3. The lowest BCUT2D eigenvalue weighted by Crippen LogP contribution is -2.54. The zero-order valence-corrected chi connectivity index (χ0v) is 20.2. The van der Waals surface area contributed by atoms with Crippen molar-refractivity contribution in [1.29, 1.82) is 0 Å². The lowest BCUT2D eigenvalue weighted by Gasteiger charge is -2.59. The summed E-state index contributed by atoms with van der Waals surface area (Å²) in [5.74, 6) is 2.37. The molecule has 0 aromatic carbocycles. The van der Waals surface area contributed by atoms with Gasteiger partial charge in [-0.3, -0.25) is 14.6 Å². The van der Waals surface area contributed by atoms with Crippen LogP contribution in [0.4, 0.5) is 5.82 Å². The van der Waals surface area contributed by atoms with E-state index in [9.17, 15) is 9.59 Å². The van der Waals surface area contributed by atoms with Crippen LogP contribution in [0.5, 0.6) is 0 Å². The van der Waals surface area contributed by atoms with Gasteiger partial charge in [0.1, 0.15) is 5.15 Å². The highest BCUT2D eigenvalue weighted by Crippen LogP contribution is 2.66. The molecule has 0 bridgehead atoms. The molecule has 1 aliphatic heterocycles. The van der Waals surface area contributed by atoms with Crippen LogP contribution in [-0.4, -0.2) is 33.7 Å². The second-order valence-corrected chi connectivity index (χ2v) is 11.4. The highest BCUT2D eigenvalue weighted by molar-refractivity contribution is 6.29. The van der Waals surface area contributed by atoms with Crippen LogP contribution >= 0.6 is 11.6 Å². The minimum absolute atomic E-state index is 0.0121. The zero-order chi connectivity index (χ0) is 22.8. The lowest BCUT2D eigenvalue weighted by molar-refractivity contribution is -0.137. The average Bonchev–Trinajstić information content (AvgIpc) is 3.09. The van der Waals surface area contributed by atoms with Crippen molar-refractivity contribution in [3.8, 4) is 0 Å². The number of nitrogens with zero attached hydrogens (tertiary/aromatic N) is 3. The summed E-state index contributed by atoms with van der Waals surface area (Å²) in [6.45, 7) is 6.95. The monoisotopic (exact) mass is 456 g/mol.